The number of nitro groups is 1. The van der Waals surface area contributed by atoms with E-state index in [1.807, 2.05) is 30.4 Å². The second-order valence-corrected chi connectivity index (χ2v) is 4.96. The van der Waals surface area contributed by atoms with Gasteiger partial charge >= 0.3 is 0 Å². The average molecular weight is 313 g/mol. The van der Waals surface area contributed by atoms with Gasteiger partial charge in [-0.25, -0.2) is 0 Å². The van der Waals surface area contributed by atoms with Crippen LogP contribution in [0.4, 0.5) is 5.69 Å². The van der Waals surface area contributed by atoms with Crippen LogP contribution in [0, 0.1) is 10.1 Å². The van der Waals surface area contributed by atoms with Gasteiger partial charge < -0.3 is 9.47 Å². The van der Waals surface area contributed by atoms with Crippen LogP contribution < -0.4 is 4.74 Å². The maximum Gasteiger partial charge on any atom is 0.270 e. The van der Waals surface area contributed by atoms with Gasteiger partial charge in [0.15, 0.2) is 6.79 Å². The first-order chi connectivity index (χ1) is 11.2. The summed E-state index contributed by atoms with van der Waals surface area (Å²) in [6.07, 6.45) is 5.60. The summed E-state index contributed by atoms with van der Waals surface area (Å²) >= 11 is 0. The number of benzene rings is 2. The second kappa shape index (κ2) is 8.70. The van der Waals surface area contributed by atoms with Crippen LogP contribution in [0.1, 0.15) is 17.5 Å². The fourth-order valence-electron chi connectivity index (χ4n) is 2.14. The molecule has 5 heteroatoms. The third-order valence-corrected chi connectivity index (χ3v) is 3.28. The third-order valence-electron chi connectivity index (χ3n) is 3.28. The molecule has 0 aliphatic heterocycles. The monoisotopic (exact) mass is 313 g/mol. The summed E-state index contributed by atoms with van der Waals surface area (Å²) in [5.74, 6) is 0.563. The second-order valence-electron chi connectivity index (χ2n) is 4.96. The first-order valence-corrected chi connectivity index (χ1v) is 7.31. The van der Waals surface area contributed by atoms with Gasteiger partial charge in [0, 0.05) is 24.8 Å². The number of allylic oxidation sites excluding steroid dienone is 1. The number of methoxy groups -OCH3 is 1. The number of non-ortho nitro benzene ring substituents is 1. The standard InChI is InChI=1S/C18H19NO4/c1-22-14-23-18-12-11-17(19(20)21)13-16(18)10-6-5-9-15-7-3-2-4-8-15/h2-4,6-8,10-13H,5,9,14H2,1H3/b10-6+. The first kappa shape index (κ1) is 16.7. The highest BCUT2D eigenvalue weighted by Crippen LogP contribution is 2.25. The number of hydrogen-bond donors (Lipinski definition) is 0. The molecule has 0 aromatic heterocycles. The normalized spacial score (nSPS) is 10.8. The van der Waals surface area contributed by atoms with Gasteiger partial charge in [0.1, 0.15) is 5.75 Å². The van der Waals surface area contributed by atoms with Crippen molar-refractivity contribution in [3.8, 4) is 5.75 Å². The highest BCUT2D eigenvalue weighted by Gasteiger charge is 2.09. The molecule has 120 valence electrons. The number of aryl methyl sites for hydroxylation is 1. The average Bonchev–Trinajstić information content (AvgIpc) is 2.58. The summed E-state index contributed by atoms with van der Waals surface area (Å²) in [7, 11) is 1.53. The van der Waals surface area contributed by atoms with Crippen LogP contribution in [0.3, 0.4) is 0 Å². The van der Waals surface area contributed by atoms with Crippen LogP contribution in [0.2, 0.25) is 0 Å². The van der Waals surface area contributed by atoms with Gasteiger partial charge in [-0.15, -0.1) is 0 Å². The van der Waals surface area contributed by atoms with Gasteiger partial charge in [0.25, 0.3) is 5.69 Å². The van der Waals surface area contributed by atoms with E-state index >= 15 is 0 Å². The predicted molar refractivity (Wildman–Crippen MR) is 89.4 cm³/mol. The molecule has 2 aromatic carbocycles. The molecule has 0 atom stereocenters. The Balaban J connectivity index is 2.07. The molecule has 0 saturated heterocycles. The Kier molecular flexibility index (Phi) is 6.32. The maximum absolute atomic E-state index is 10.9. The Morgan fingerprint density at radius 2 is 1.96 bits per heavy atom. The van der Waals surface area contributed by atoms with Gasteiger partial charge in [-0.3, -0.25) is 10.1 Å². The molecule has 0 amide bonds. The molecular formula is C18H19NO4. The molecule has 0 saturated carbocycles. The highest BCUT2D eigenvalue weighted by molar-refractivity contribution is 5.61. The lowest BCUT2D eigenvalue weighted by molar-refractivity contribution is -0.384. The van der Waals surface area contributed by atoms with E-state index < -0.39 is 4.92 Å². The number of nitro benzene ring substituents is 1. The van der Waals surface area contributed by atoms with Gasteiger partial charge in [-0.05, 0) is 24.5 Å². The highest BCUT2D eigenvalue weighted by atomic mass is 16.7. The molecule has 0 aliphatic rings. The SMILES string of the molecule is COCOc1ccc([N+](=O)[O-])cc1/C=C/CCc1ccccc1. The minimum atomic E-state index is -0.415. The molecule has 2 aromatic rings. The molecule has 0 spiro atoms. The summed E-state index contributed by atoms with van der Waals surface area (Å²) in [6, 6.07) is 14.7. The van der Waals surface area contributed by atoms with Crippen LogP contribution in [0.25, 0.3) is 6.08 Å². The molecular weight excluding hydrogens is 294 g/mol. The quantitative estimate of drug-likeness (QED) is 0.416. The third kappa shape index (κ3) is 5.23. The Morgan fingerprint density at radius 3 is 2.65 bits per heavy atom. The molecule has 2 rings (SSSR count). The summed E-state index contributed by atoms with van der Waals surface area (Å²) in [6.45, 7) is 0.0999. The summed E-state index contributed by atoms with van der Waals surface area (Å²) in [5, 5.41) is 10.9. The van der Waals surface area contributed by atoms with Gasteiger partial charge in [0.05, 0.1) is 4.92 Å². The van der Waals surface area contributed by atoms with Crippen molar-refractivity contribution >= 4 is 11.8 Å². The van der Waals surface area contributed by atoms with E-state index in [1.165, 1.54) is 24.8 Å². The minimum Gasteiger partial charge on any atom is -0.467 e. The van der Waals surface area contributed by atoms with Crippen molar-refractivity contribution in [3.63, 3.8) is 0 Å². The van der Waals surface area contributed by atoms with Crippen LogP contribution >= 0.6 is 0 Å². The Labute approximate surface area is 135 Å². The van der Waals surface area contributed by atoms with Crippen molar-refractivity contribution in [2.45, 2.75) is 12.8 Å². The predicted octanol–water partition coefficient (Wildman–Crippen LogP) is 4.22. The maximum atomic E-state index is 10.9. The number of ether oxygens (including phenoxy) is 2. The van der Waals surface area contributed by atoms with E-state index in [4.69, 9.17) is 9.47 Å². The minimum absolute atomic E-state index is 0.0393. The van der Waals surface area contributed by atoms with E-state index in [-0.39, 0.29) is 12.5 Å². The molecule has 0 unspecified atom stereocenters. The smallest absolute Gasteiger partial charge is 0.270 e. The molecule has 0 aliphatic carbocycles. The van der Waals surface area contributed by atoms with E-state index in [0.717, 1.165) is 12.8 Å². The van der Waals surface area contributed by atoms with Crippen LogP contribution in [-0.4, -0.2) is 18.8 Å². The van der Waals surface area contributed by atoms with Gasteiger partial charge in [-0.2, -0.15) is 0 Å². The molecule has 0 fully saturated rings. The lowest BCUT2D eigenvalue weighted by atomic mass is 10.1. The fourth-order valence-corrected chi connectivity index (χ4v) is 2.14. The van der Waals surface area contributed by atoms with Crippen molar-refractivity contribution < 1.29 is 14.4 Å². The van der Waals surface area contributed by atoms with E-state index in [9.17, 15) is 10.1 Å². The molecule has 0 N–H and O–H groups in total. The van der Waals surface area contributed by atoms with E-state index in [0.29, 0.717) is 11.3 Å². The molecule has 5 nitrogen and oxygen atoms in total. The largest absolute Gasteiger partial charge is 0.467 e. The van der Waals surface area contributed by atoms with Crippen LogP contribution in [-0.2, 0) is 11.2 Å². The number of nitrogens with zero attached hydrogens (tertiary/aromatic N) is 1. The zero-order valence-corrected chi connectivity index (χ0v) is 13.0. The topological polar surface area (TPSA) is 61.6 Å². The number of rotatable bonds is 8. The van der Waals surface area contributed by atoms with Crippen molar-refractivity contribution in [2.24, 2.45) is 0 Å². The zero-order valence-electron chi connectivity index (χ0n) is 13.0. The molecule has 23 heavy (non-hydrogen) atoms. The van der Waals surface area contributed by atoms with Crippen molar-refractivity contribution in [2.75, 3.05) is 13.9 Å². The number of hydrogen-bond acceptors (Lipinski definition) is 4. The van der Waals surface area contributed by atoms with Crippen LogP contribution in [0.15, 0.2) is 54.6 Å². The summed E-state index contributed by atoms with van der Waals surface area (Å²) in [5.41, 5.74) is 1.97. The molecule has 0 heterocycles. The van der Waals surface area contributed by atoms with Gasteiger partial charge in [-0.1, -0.05) is 42.5 Å². The Hall–Kier alpha value is -2.66. The van der Waals surface area contributed by atoms with E-state index in [1.54, 1.807) is 6.07 Å². The van der Waals surface area contributed by atoms with Crippen molar-refractivity contribution in [3.05, 3.63) is 75.8 Å². The summed E-state index contributed by atoms with van der Waals surface area (Å²) in [4.78, 5) is 10.5. The lowest BCUT2D eigenvalue weighted by Gasteiger charge is -2.08. The lowest BCUT2D eigenvalue weighted by Crippen LogP contribution is -2.00. The van der Waals surface area contributed by atoms with Crippen molar-refractivity contribution in [1.29, 1.82) is 0 Å². The Bertz CT molecular complexity index is 668. The summed E-state index contributed by atoms with van der Waals surface area (Å²) < 4.78 is 10.3. The molecule has 0 bridgehead atoms. The van der Waals surface area contributed by atoms with E-state index in [2.05, 4.69) is 12.1 Å². The van der Waals surface area contributed by atoms with Crippen molar-refractivity contribution in [1.82, 2.24) is 0 Å². The first-order valence-electron chi connectivity index (χ1n) is 7.31. The fraction of sp³-hybridized carbons (Fsp3) is 0.222. The Morgan fingerprint density at radius 1 is 1.17 bits per heavy atom. The van der Waals surface area contributed by atoms with Crippen LogP contribution in [0.5, 0.6) is 5.75 Å². The zero-order chi connectivity index (χ0) is 16.5. The van der Waals surface area contributed by atoms with Gasteiger partial charge in [0.2, 0.25) is 0 Å². The molecule has 0 radical (unpaired) electrons.